The van der Waals surface area contributed by atoms with Gasteiger partial charge in [0, 0.05) is 17.4 Å². The van der Waals surface area contributed by atoms with E-state index in [0.29, 0.717) is 16.4 Å². The second kappa shape index (κ2) is 8.45. The van der Waals surface area contributed by atoms with Crippen molar-refractivity contribution in [2.45, 2.75) is 24.0 Å². The topological polar surface area (TPSA) is 72.5 Å². The maximum absolute atomic E-state index is 12.5. The lowest BCUT2D eigenvalue weighted by Crippen LogP contribution is -3.09. The molecule has 0 radical (unpaired) electrons. The van der Waals surface area contributed by atoms with Crippen LogP contribution in [0.2, 0.25) is 0 Å². The number of fused-ring (bicyclic) bond motifs is 3. The number of furan rings is 1. The average Bonchev–Trinajstić information content (AvgIpc) is 3.37. The van der Waals surface area contributed by atoms with E-state index in [0.717, 1.165) is 42.5 Å². The molecule has 6 nitrogen and oxygen atoms in total. The summed E-state index contributed by atoms with van der Waals surface area (Å²) in [5, 5.41) is 4.85. The minimum Gasteiger partial charge on any atom is -0.451 e. The fourth-order valence-electron chi connectivity index (χ4n) is 4.11. The molecule has 2 aromatic heterocycles. The minimum atomic E-state index is 0.0360. The van der Waals surface area contributed by atoms with Gasteiger partial charge in [-0.2, -0.15) is 0 Å². The number of para-hydroxylation sites is 1. The molecule has 1 amide bonds. The summed E-state index contributed by atoms with van der Waals surface area (Å²) in [4.78, 5) is 22.7. The van der Waals surface area contributed by atoms with Crippen molar-refractivity contribution in [3.05, 3.63) is 66.5 Å². The highest BCUT2D eigenvalue weighted by Gasteiger charge is 2.27. The number of rotatable bonds is 6. The molecule has 2 atom stereocenters. The molecule has 1 aliphatic rings. The van der Waals surface area contributed by atoms with Crippen LogP contribution in [-0.2, 0) is 11.3 Å². The molecular formula is C23H23N4O2S+. The number of likely N-dealkylation sites (tertiary alicyclic amines) is 1. The number of aromatic nitrogens is 2. The normalized spacial score (nSPS) is 18.8. The predicted molar refractivity (Wildman–Crippen MR) is 117 cm³/mol. The molecule has 1 aliphatic heterocycles. The van der Waals surface area contributed by atoms with Gasteiger partial charge in [-0.1, -0.05) is 54.2 Å². The molecule has 1 saturated heterocycles. The van der Waals surface area contributed by atoms with E-state index in [-0.39, 0.29) is 11.9 Å². The molecule has 152 valence electrons. The zero-order valence-electron chi connectivity index (χ0n) is 16.5. The Morgan fingerprint density at radius 3 is 2.87 bits per heavy atom. The quantitative estimate of drug-likeness (QED) is 0.371. The van der Waals surface area contributed by atoms with Crippen molar-refractivity contribution in [3.63, 3.8) is 0 Å². The van der Waals surface area contributed by atoms with Gasteiger partial charge in [-0.15, -0.1) is 0 Å². The molecule has 2 aromatic carbocycles. The molecule has 1 unspecified atom stereocenters. The van der Waals surface area contributed by atoms with Crippen molar-refractivity contribution < 1.29 is 14.1 Å². The maximum Gasteiger partial charge on any atom is 0.230 e. The van der Waals surface area contributed by atoms with Crippen molar-refractivity contribution in [2.24, 2.45) is 0 Å². The lowest BCUT2D eigenvalue weighted by atomic mass is 10.2. The summed E-state index contributed by atoms with van der Waals surface area (Å²) >= 11 is 1.40. The second-order valence-electron chi connectivity index (χ2n) is 7.66. The van der Waals surface area contributed by atoms with Crippen molar-refractivity contribution in [3.8, 4) is 0 Å². The van der Waals surface area contributed by atoms with E-state index in [2.05, 4.69) is 39.6 Å². The van der Waals surface area contributed by atoms with Crippen LogP contribution in [0.3, 0.4) is 0 Å². The Labute approximate surface area is 178 Å². The van der Waals surface area contributed by atoms with E-state index in [1.165, 1.54) is 28.6 Å². The van der Waals surface area contributed by atoms with Gasteiger partial charge < -0.3 is 14.6 Å². The van der Waals surface area contributed by atoms with Gasteiger partial charge in [0.1, 0.15) is 29.0 Å². The van der Waals surface area contributed by atoms with Gasteiger partial charge in [-0.3, -0.25) is 4.79 Å². The van der Waals surface area contributed by atoms with Crippen LogP contribution in [0.1, 0.15) is 12.0 Å². The van der Waals surface area contributed by atoms with E-state index in [1.54, 1.807) is 0 Å². The molecule has 0 spiro atoms. The second-order valence-corrected chi connectivity index (χ2v) is 8.63. The summed E-state index contributed by atoms with van der Waals surface area (Å²) in [5.41, 5.74) is 3.57. The molecule has 1 fully saturated rings. The number of hydrogen-bond donors (Lipinski definition) is 2. The maximum atomic E-state index is 12.5. The Morgan fingerprint density at radius 2 is 1.97 bits per heavy atom. The van der Waals surface area contributed by atoms with Crippen molar-refractivity contribution in [1.82, 2.24) is 15.3 Å². The van der Waals surface area contributed by atoms with E-state index < -0.39 is 0 Å². The number of carbonyl (C=O) groups is 1. The molecule has 3 heterocycles. The van der Waals surface area contributed by atoms with E-state index in [1.807, 2.05) is 30.3 Å². The Morgan fingerprint density at radius 1 is 1.13 bits per heavy atom. The summed E-state index contributed by atoms with van der Waals surface area (Å²) < 4.78 is 5.94. The largest absolute Gasteiger partial charge is 0.451 e. The van der Waals surface area contributed by atoms with Crippen LogP contribution in [0.25, 0.3) is 22.1 Å². The minimum absolute atomic E-state index is 0.0360. The third kappa shape index (κ3) is 4.04. The molecule has 2 N–H and O–H groups in total. The molecule has 0 aliphatic carbocycles. The fourth-order valence-corrected chi connectivity index (χ4v) is 4.85. The summed E-state index contributed by atoms with van der Waals surface area (Å²) in [6.45, 7) is 3.05. The Bertz CT molecular complexity index is 1180. The number of quaternary nitrogens is 1. The third-order valence-electron chi connectivity index (χ3n) is 5.51. The Balaban J connectivity index is 1.18. The zero-order chi connectivity index (χ0) is 20.3. The first kappa shape index (κ1) is 19.1. The number of nitrogens with one attached hydrogen (secondary N) is 2. The monoisotopic (exact) mass is 419 g/mol. The number of benzene rings is 2. The van der Waals surface area contributed by atoms with E-state index in [4.69, 9.17) is 4.42 Å². The highest BCUT2D eigenvalue weighted by atomic mass is 32.2. The summed E-state index contributed by atoms with van der Waals surface area (Å²) in [5.74, 6) is 0.349. The van der Waals surface area contributed by atoms with E-state index in [9.17, 15) is 4.79 Å². The van der Waals surface area contributed by atoms with Crippen LogP contribution in [0, 0.1) is 0 Å². The highest BCUT2D eigenvalue weighted by molar-refractivity contribution is 8.00. The standard InChI is InChI=1S/C23H22N4O2S/c28-20(26-17-10-11-27(13-17)12-16-6-2-1-3-7-16)14-30-23-22-21(24-15-25-23)18-8-4-5-9-19(18)29-22/h1-9,15,17H,10-14H2,(H,26,28)/p+1/t17-/m0/s1. The Hall–Kier alpha value is -2.90. The van der Waals surface area contributed by atoms with Gasteiger partial charge >= 0.3 is 0 Å². The van der Waals surface area contributed by atoms with Crippen LogP contribution < -0.4 is 10.2 Å². The Kier molecular flexibility index (Phi) is 5.38. The van der Waals surface area contributed by atoms with Crippen LogP contribution in [0.15, 0.2) is 70.4 Å². The molecule has 0 bridgehead atoms. The van der Waals surface area contributed by atoms with Crippen LogP contribution >= 0.6 is 11.8 Å². The number of carbonyl (C=O) groups excluding carboxylic acids is 1. The molecule has 0 saturated carbocycles. The molecule has 5 rings (SSSR count). The molecule has 30 heavy (non-hydrogen) atoms. The van der Waals surface area contributed by atoms with Crippen LogP contribution in [-0.4, -0.2) is 40.8 Å². The molecular weight excluding hydrogens is 396 g/mol. The number of nitrogens with zero attached hydrogens (tertiary/aromatic N) is 2. The zero-order valence-corrected chi connectivity index (χ0v) is 17.3. The van der Waals surface area contributed by atoms with Gasteiger partial charge in [0.05, 0.1) is 24.9 Å². The number of amides is 1. The molecule has 4 aromatic rings. The summed E-state index contributed by atoms with van der Waals surface area (Å²) in [6, 6.07) is 18.6. The molecule has 7 heteroatoms. The highest BCUT2D eigenvalue weighted by Crippen LogP contribution is 2.32. The van der Waals surface area contributed by atoms with Gasteiger partial charge in [-0.05, 0) is 12.1 Å². The van der Waals surface area contributed by atoms with E-state index >= 15 is 0 Å². The lowest BCUT2D eigenvalue weighted by Gasteiger charge is -2.14. The first-order valence-electron chi connectivity index (χ1n) is 10.2. The SMILES string of the molecule is O=C(CSc1ncnc2c1oc1ccccc12)N[C@H]1CC[NH+](Cc2ccccc2)C1. The first-order chi connectivity index (χ1) is 14.8. The van der Waals surface area contributed by atoms with Crippen molar-refractivity contribution in [2.75, 3.05) is 18.8 Å². The van der Waals surface area contributed by atoms with Crippen LogP contribution in [0.4, 0.5) is 0 Å². The third-order valence-corrected chi connectivity index (χ3v) is 6.48. The predicted octanol–water partition coefficient (Wildman–Crippen LogP) is 2.44. The summed E-state index contributed by atoms with van der Waals surface area (Å²) in [6.07, 6.45) is 2.55. The number of thioether (sulfide) groups is 1. The fraction of sp³-hybridized carbons (Fsp3) is 0.261. The van der Waals surface area contributed by atoms with Crippen molar-refractivity contribution in [1.29, 1.82) is 0 Å². The average molecular weight is 420 g/mol. The summed E-state index contributed by atoms with van der Waals surface area (Å²) in [7, 11) is 0. The smallest absolute Gasteiger partial charge is 0.230 e. The lowest BCUT2D eigenvalue weighted by molar-refractivity contribution is -0.901. The van der Waals surface area contributed by atoms with Gasteiger partial charge in [-0.25, -0.2) is 9.97 Å². The van der Waals surface area contributed by atoms with Crippen LogP contribution in [0.5, 0.6) is 0 Å². The van der Waals surface area contributed by atoms with Gasteiger partial charge in [0.25, 0.3) is 0 Å². The van der Waals surface area contributed by atoms with Gasteiger partial charge in [0.15, 0.2) is 5.58 Å². The number of hydrogen-bond acceptors (Lipinski definition) is 5. The van der Waals surface area contributed by atoms with Crippen molar-refractivity contribution >= 4 is 39.7 Å². The van der Waals surface area contributed by atoms with Gasteiger partial charge in [0.2, 0.25) is 5.91 Å². The first-order valence-corrected chi connectivity index (χ1v) is 11.2.